The van der Waals surface area contributed by atoms with E-state index >= 15 is 0 Å². The SMILES string of the molecule is C=C(/C=C(\N=C(N)N)C1Cc2ccccc2O1)N1CCC(C)C1. The number of benzene rings is 1. The third-order valence-corrected chi connectivity index (χ3v) is 4.38. The molecule has 1 fully saturated rings. The van der Waals surface area contributed by atoms with E-state index in [4.69, 9.17) is 16.2 Å². The maximum atomic E-state index is 6.01. The summed E-state index contributed by atoms with van der Waals surface area (Å²) in [5.41, 5.74) is 14.1. The van der Waals surface area contributed by atoms with Crippen LogP contribution in [0.5, 0.6) is 5.75 Å². The fourth-order valence-corrected chi connectivity index (χ4v) is 3.15. The maximum absolute atomic E-state index is 6.01. The number of nitrogens with two attached hydrogens (primary N) is 2. The number of fused-ring (bicyclic) bond motifs is 1. The summed E-state index contributed by atoms with van der Waals surface area (Å²) in [7, 11) is 0. The molecule has 0 spiro atoms. The summed E-state index contributed by atoms with van der Waals surface area (Å²) in [5, 5.41) is 0. The molecule has 5 nitrogen and oxygen atoms in total. The smallest absolute Gasteiger partial charge is 0.190 e. The van der Waals surface area contributed by atoms with Crippen LogP contribution >= 0.6 is 0 Å². The van der Waals surface area contributed by atoms with Gasteiger partial charge in [0.15, 0.2) is 5.96 Å². The van der Waals surface area contributed by atoms with Crippen molar-refractivity contribution in [1.29, 1.82) is 0 Å². The molecule has 0 saturated carbocycles. The maximum Gasteiger partial charge on any atom is 0.190 e. The quantitative estimate of drug-likeness (QED) is 0.506. The summed E-state index contributed by atoms with van der Waals surface area (Å²) in [5.74, 6) is 1.63. The third kappa shape index (κ3) is 3.50. The first-order valence-corrected chi connectivity index (χ1v) is 8.02. The average molecular weight is 312 g/mol. The van der Waals surface area contributed by atoms with Gasteiger partial charge in [-0.15, -0.1) is 0 Å². The molecule has 4 N–H and O–H groups in total. The van der Waals surface area contributed by atoms with Gasteiger partial charge < -0.3 is 21.1 Å². The lowest BCUT2D eigenvalue weighted by molar-refractivity contribution is 0.268. The van der Waals surface area contributed by atoms with Gasteiger partial charge in [0.05, 0.1) is 5.70 Å². The van der Waals surface area contributed by atoms with Gasteiger partial charge in [-0.1, -0.05) is 31.7 Å². The van der Waals surface area contributed by atoms with Gasteiger partial charge in [-0.3, -0.25) is 0 Å². The number of likely N-dealkylation sites (tertiary alicyclic amines) is 1. The summed E-state index contributed by atoms with van der Waals surface area (Å²) in [6.07, 6.45) is 3.73. The zero-order valence-corrected chi connectivity index (χ0v) is 13.5. The van der Waals surface area contributed by atoms with E-state index in [1.807, 2.05) is 24.3 Å². The van der Waals surface area contributed by atoms with Crippen LogP contribution in [0, 0.1) is 5.92 Å². The van der Waals surface area contributed by atoms with Gasteiger partial charge in [0.25, 0.3) is 0 Å². The number of hydrogen-bond donors (Lipinski definition) is 2. The Morgan fingerprint density at radius 2 is 2.17 bits per heavy atom. The minimum absolute atomic E-state index is 0.0402. The van der Waals surface area contributed by atoms with Crippen LogP contribution in [0.2, 0.25) is 0 Å². The first-order chi connectivity index (χ1) is 11.0. The summed E-state index contributed by atoms with van der Waals surface area (Å²) in [4.78, 5) is 6.57. The summed E-state index contributed by atoms with van der Waals surface area (Å²) < 4.78 is 6.01. The largest absolute Gasteiger partial charge is 0.483 e. The molecule has 1 aromatic carbocycles. The molecule has 122 valence electrons. The third-order valence-electron chi connectivity index (χ3n) is 4.38. The standard InChI is InChI=1S/C18H24N4O/c1-12-7-8-22(11-12)13(2)9-15(21-18(19)20)17-10-14-5-3-4-6-16(14)23-17/h3-6,9,12,17H,2,7-8,10-11H2,1H3,(H4,19,20,21)/b15-9-. The molecule has 1 aromatic rings. The number of nitrogens with zero attached hydrogens (tertiary/aromatic N) is 2. The summed E-state index contributed by atoms with van der Waals surface area (Å²) in [6.45, 7) is 8.49. The monoisotopic (exact) mass is 312 g/mol. The van der Waals surface area contributed by atoms with Crippen LogP contribution in [-0.2, 0) is 6.42 Å². The van der Waals surface area contributed by atoms with Gasteiger partial charge in [-0.2, -0.15) is 0 Å². The Balaban J connectivity index is 1.80. The van der Waals surface area contributed by atoms with Crippen LogP contribution < -0.4 is 16.2 Å². The molecule has 2 atom stereocenters. The molecule has 1 saturated heterocycles. The lowest BCUT2D eigenvalue weighted by Crippen LogP contribution is -2.26. The fraction of sp³-hybridized carbons (Fsp3) is 0.389. The highest BCUT2D eigenvalue weighted by Gasteiger charge is 2.27. The average Bonchev–Trinajstić information content (AvgIpc) is 3.11. The van der Waals surface area contributed by atoms with Crippen molar-refractivity contribution in [2.45, 2.75) is 25.9 Å². The normalized spacial score (nSPS) is 23.3. The molecular weight excluding hydrogens is 288 g/mol. The van der Waals surface area contributed by atoms with Gasteiger partial charge in [0, 0.05) is 25.2 Å². The number of para-hydroxylation sites is 1. The fourth-order valence-electron chi connectivity index (χ4n) is 3.15. The van der Waals surface area contributed by atoms with Gasteiger partial charge in [0.2, 0.25) is 0 Å². The van der Waals surface area contributed by atoms with Crippen molar-refractivity contribution < 1.29 is 4.74 Å². The second-order valence-corrected chi connectivity index (χ2v) is 6.36. The zero-order valence-electron chi connectivity index (χ0n) is 13.5. The number of aliphatic imine (C=N–C) groups is 1. The van der Waals surface area contributed by atoms with E-state index in [-0.39, 0.29) is 12.1 Å². The van der Waals surface area contributed by atoms with Crippen LogP contribution in [0.4, 0.5) is 0 Å². The molecule has 2 aliphatic rings. The van der Waals surface area contributed by atoms with Gasteiger partial charge in [-0.05, 0) is 30.0 Å². The Labute approximate surface area is 137 Å². The van der Waals surface area contributed by atoms with Crippen molar-refractivity contribution in [3.63, 3.8) is 0 Å². The molecule has 0 amide bonds. The Kier molecular flexibility index (Phi) is 4.28. The Morgan fingerprint density at radius 1 is 1.39 bits per heavy atom. The first kappa shape index (κ1) is 15.5. The van der Waals surface area contributed by atoms with Gasteiger partial charge >= 0.3 is 0 Å². The molecule has 0 bridgehead atoms. The van der Waals surface area contributed by atoms with Crippen LogP contribution in [0.25, 0.3) is 0 Å². The van der Waals surface area contributed by atoms with E-state index in [1.54, 1.807) is 0 Å². The van der Waals surface area contributed by atoms with E-state index < -0.39 is 0 Å². The van der Waals surface area contributed by atoms with Crippen LogP contribution in [0.1, 0.15) is 18.9 Å². The Morgan fingerprint density at radius 3 is 2.83 bits per heavy atom. The molecule has 23 heavy (non-hydrogen) atoms. The van der Waals surface area contributed by atoms with E-state index in [0.717, 1.165) is 36.7 Å². The minimum atomic E-state index is -0.175. The molecule has 0 radical (unpaired) electrons. The van der Waals surface area contributed by atoms with Crippen molar-refractivity contribution in [2.24, 2.45) is 22.4 Å². The highest BCUT2D eigenvalue weighted by Crippen LogP contribution is 2.32. The topological polar surface area (TPSA) is 76.9 Å². The molecule has 2 unspecified atom stereocenters. The summed E-state index contributed by atoms with van der Waals surface area (Å²) in [6, 6.07) is 8.02. The van der Waals surface area contributed by atoms with Crippen LogP contribution in [0.15, 0.2) is 53.3 Å². The molecular formula is C18H24N4O. The second-order valence-electron chi connectivity index (χ2n) is 6.36. The van der Waals surface area contributed by atoms with Gasteiger partial charge in [0.1, 0.15) is 11.9 Å². The second kappa shape index (κ2) is 6.36. The lowest BCUT2D eigenvalue weighted by Gasteiger charge is -2.20. The molecule has 5 heteroatoms. The van der Waals surface area contributed by atoms with Crippen molar-refractivity contribution in [1.82, 2.24) is 4.90 Å². The molecule has 0 aliphatic carbocycles. The highest BCUT2D eigenvalue weighted by atomic mass is 16.5. The zero-order chi connectivity index (χ0) is 16.4. The first-order valence-electron chi connectivity index (χ1n) is 8.02. The van der Waals surface area contributed by atoms with Crippen molar-refractivity contribution in [3.05, 3.63) is 53.9 Å². The molecule has 2 aliphatic heterocycles. The number of allylic oxidation sites excluding steroid dienone is 1. The Bertz CT molecular complexity index is 636. The van der Waals surface area contributed by atoms with E-state index in [1.165, 1.54) is 12.0 Å². The van der Waals surface area contributed by atoms with Crippen LogP contribution in [-0.4, -0.2) is 30.1 Å². The number of rotatable bonds is 4. The van der Waals surface area contributed by atoms with Gasteiger partial charge in [-0.25, -0.2) is 4.99 Å². The van der Waals surface area contributed by atoms with E-state index in [0.29, 0.717) is 5.92 Å². The molecule has 2 heterocycles. The number of guanidine groups is 1. The van der Waals surface area contributed by atoms with Crippen molar-refractivity contribution in [2.75, 3.05) is 13.1 Å². The predicted octanol–water partition coefficient (Wildman–Crippen LogP) is 2.00. The number of ether oxygens (including phenoxy) is 1. The minimum Gasteiger partial charge on any atom is -0.483 e. The molecule has 3 rings (SSSR count). The number of hydrogen-bond acceptors (Lipinski definition) is 3. The Hall–Kier alpha value is -2.43. The van der Waals surface area contributed by atoms with Crippen molar-refractivity contribution in [3.8, 4) is 5.75 Å². The summed E-state index contributed by atoms with van der Waals surface area (Å²) >= 11 is 0. The van der Waals surface area contributed by atoms with Crippen molar-refractivity contribution >= 4 is 5.96 Å². The molecule has 0 aromatic heterocycles. The van der Waals surface area contributed by atoms with E-state index in [2.05, 4.69) is 29.5 Å². The predicted molar refractivity (Wildman–Crippen MR) is 92.9 cm³/mol. The highest BCUT2D eigenvalue weighted by molar-refractivity contribution is 5.77. The van der Waals surface area contributed by atoms with Crippen LogP contribution in [0.3, 0.4) is 0 Å². The van der Waals surface area contributed by atoms with E-state index in [9.17, 15) is 0 Å². The lowest BCUT2D eigenvalue weighted by atomic mass is 10.1.